The Balaban J connectivity index is 0.00000128. The largest absolute Gasteiger partial charge is 1.00 e. The van der Waals surface area contributed by atoms with E-state index in [2.05, 4.69) is 55.7 Å². The van der Waals surface area contributed by atoms with Crippen molar-refractivity contribution in [2.75, 3.05) is 5.33 Å². The van der Waals surface area contributed by atoms with Gasteiger partial charge in [0.15, 0.2) is 34.4 Å². The standard InChI is InChI=1S/2C20H15F4N3O2.C13H11BrF3NO2.C7H5FN2.CH2O3.2CH4.2K.H/c1-19(29,11-27-17-5-3-4-15(21)13(17)10-26-27)18(28)9-12-6-7-16(25-2)14(8-12)20(22,23)24;1-19(29,11-27-10-13-15(21)4-3-5-16(13)26-27)18(28)9-12-6-7-17(25-2)14(8-12)20(22,23)24;1-12(20,7-14)11(19)6-8-3-4-10(18-2)9(5-8)13(15,16)17;8-6-2-1-3-7-5(6)4-9-10-7;2-1-4-3;;;;;/h2*3-8,10,29H,9,11H2,1H3;3-5,20H,6-7H2,1H3;1-4H,(H,9,10);1,3H;2*1H4;;;/q;;;;;;;2*+1;-1/p-1/t2*19-;12-;;;;;;;/m000......./s1. The van der Waals surface area contributed by atoms with Crippen LogP contribution in [0.5, 0.6) is 0 Å². The second kappa shape index (κ2) is 37.4. The molecule has 0 aliphatic carbocycles. The van der Waals surface area contributed by atoms with Crippen LogP contribution >= 0.6 is 15.9 Å². The molecule has 0 aliphatic rings. The van der Waals surface area contributed by atoms with Crippen molar-refractivity contribution in [1.29, 1.82) is 0 Å². The summed E-state index contributed by atoms with van der Waals surface area (Å²) in [5.41, 5.74) is -8.93. The first kappa shape index (κ1) is 87.4. The summed E-state index contributed by atoms with van der Waals surface area (Å²) in [5, 5.41) is 54.7. The number of rotatable bonds is 15. The van der Waals surface area contributed by atoms with Crippen molar-refractivity contribution in [3.05, 3.63) is 213 Å². The Morgan fingerprint density at radius 2 is 0.990 bits per heavy atom. The zero-order valence-corrected chi connectivity index (χ0v) is 57.6. The molecule has 3 heterocycles. The molecule has 9 rings (SSSR count). The molecule has 0 fully saturated rings. The second-order valence-electron chi connectivity index (χ2n) is 20.4. The minimum Gasteiger partial charge on any atom is -1.00 e. The maximum atomic E-state index is 13.8. The smallest absolute Gasteiger partial charge is 1.00 e. The number of Topliss-reactive ketones (excluding diaryl/α,β-unsaturated/α-hetero) is 3. The van der Waals surface area contributed by atoms with Crippen molar-refractivity contribution in [2.45, 2.75) is 103 Å². The number of hydrogen-bond donors (Lipinski definition) is 4. The number of nitrogens with zero attached hydrogens (tertiary/aromatic N) is 8. The van der Waals surface area contributed by atoms with Crippen molar-refractivity contribution < 1.29 is 202 Å². The molecular formula is C63H56BrF12K2N9O9. The number of aliphatic hydroxyl groups is 3. The van der Waals surface area contributed by atoms with Crippen LogP contribution in [0, 0.1) is 37.2 Å². The first-order valence-corrected chi connectivity index (χ1v) is 27.1. The minimum absolute atomic E-state index is 0. The summed E-state index contributed by atoms with van der Waals surface area (Å²) in [6, 6.07) is 22.5. The first-order chi connectivity index (χ1) is 42.9. The molecule has 0 radical (unpaired) electrons. The van der Waals surface area contributed by atoms with Crippen LogP contribution in [-0.4, -0.2) is 91.0 Å². The number of alkyl halides is 10. The number of benzene rings is 6. The Hall–Kier alpha value is -6.57. The van der Waals surface area contributed by atoms with E-state index in [1.165, 1.54) is 97.3 Å². The number of hydrogen-bond acceptors (Lipinski definition) is 12. The fraction of sp³-hybridized carbons (Fsp3) is 0.270. The molecule has 96 heavy (non-hydrogen) atoms. The maximum absolute atomic E-state index is 13.8. The van der Waals surface area contributed by atoms with Gasteiger partial charge in [-0.05, 0) is 73.9 Å². The molecule has 500 valence electrons. The number of carbonyl (C=O) groups is 4. The third-order valence-electron chi connectivity index (χ3n) is 13.2. The van der Waals surface area contributed by atoms with E-state index in [0.29, 0.717) is 16.4 Å². The van der Waals surface area contributed by atoms with E-state index in [1.807, 2.05) is 0 Å². The summed E-state index contributed by atoms with van der Waals surface area (Å²) in [5.74, 6) is -3.30. The van der Waals surface area contributed by atoms with E-state index in [0.717, 1.165) is 41.9 Å². The average molecular weight is 1470 g/mol. The number of nitrogens with one attached hydrogen (secondary N) is 1. The Bertz CT molecular complexity index is 4280. The van der Waals surface area contributed by atoms with Crippen molar-refractivity contribution in [2.24, 2.45) is 0 Å². The number of aromatic nitrogens is 6. The van der Waals surface area contributed by atoms with Crippen LogP contribution in [0.25, 0.3) is 47.2 Å². The van der Waals surface area contributed by atoms with Crippen LogP contribution in [0.2, 0.25) is 0 Å². The number of aromatic amines is 1. The molecule has 0 bridgehead atoms. The van der Waals surface area contributed by atoms with E-state index in [4.69, 9.17) is 29.8 Å². The van der Waals surface area contributed by atoms with Crippen LogP contribution in [0.3, 0.4) is 0 Å². The van der Waals surface area contributed by atoms with Gasteiger partial charge in [0, 0.05) is 30.8 Å². The van der Waals surface area contributed by atoms with Gasteiger partial charge in [-0.1, -0.05) is 104 Å². The molecule has 0 spiro atoms. The van der Waals surface area contributed by atoms with E-state index >= 15 is 0 Å². The molecule has 6 aromatic carbocycles. The number of carbonyl (C=O) groups excluding carboxylic acids is 4. The van der Waals surface area contributed by atoms with Crippen LogP contribution < -0.4 is 108 Å². The summed E-state index contributed by atoms with van der Waals surface area (Å²) in [7, 11) is 0. The summed E-state index contributed by atoms with van der Waals surface area (Å²) < 4.78 is 160. The average Bonchev–Trinajstić information content (AvgIpc) is 1.64. The van der Waals surface area contributed by atoms with Gasteiger partial charge in [0.05, 0.1) is 94.6 Å². The van der Waals surface area contributed by atoms with Gasteiger partial charge >= 0.3 is 121 Å². The Labute approximate surface area is 635 Å². The van der Waals surface area contributed by atoms with E-state index in [1.54, 1.807) is 24.3 Å². The van der Waals surface area contributed by atoms with Crippen molar-refractivity contribution >= 4 is 89.5 Å². The van der Waals surface area contributed by atoms with Gasteiger partial charge in [-0.2, -0.15) is 54.8 Å². The summed E-state index contributed by atoms with van der Waals surface area (Å²) >= 11 is 2.96. The summed E-state index contributed by atoms with van der Waals surface area (Å²) in [4.78, 5) is 56.6. The van der Waals surface area contributed by atoms with Gasteiger partial charge in [0.25, 0.3) is 6.47 Å². The molecule has 3 aromatic heterocycles. The summed E-state index contributed by atoms with van der Waals surface area (Å²) in [6.45, 7) is 23.3. The number of H-pyrrole nitrogens is 1. The molecule has 9 aromatic rings. The second-order valence-corrected chi connectivity index (χ2v) is 20.9. The van der Waals surface area contributed by atoms with Crippen LogP contribution in [0.4, 0.5) is 69.7 Å². The molecule has 4 N–H and O–H groups in total. The van der Waals surface area contributed by atoms with E-state index < -0.39 is 111 Å². The minimum atomic E-state index is -4.74. The normalized spacial score (nSPS) is 12.7. The third kappa shape index (κ3) is 23.9. The SMILES string of the molecule is C.C.Fc1cccc2[nH]ncc12.O=CO[O-].[C-]#[N+]c1ccc(CC(=O)[C@@](C)(O)CBr)cc1C(F)(F)F.[C-]#[N+]c1ccc(CC(=O)[C@@](C)(O)Cn2cc3c(F)cccc3n2)cc1C(F)(F)F.[C-]#[N+]c1ccc(CC(=O)[C@@](C)(O)Cn2ncc3c(F)cccc32)cc1C(F)(F)F.[H-].[K+].[K+]. The topological polar surface area (TPSA) is 239 Å². The number of ketones is 3. The van der Waals surface area contributed by atoms with Crippen LogP contribution in [0.1, 0.15) is 70.4 Å². The quantitative estimate of drug-likeness (QED) is 0.0147. The fourth-order valence-corrected chi connectivity index (χ4v) is 8.62. The zero-order valence-electron chi connectivity index (χ0n) is 50.7. The van der Waals surface area contributed by atoms with Gasteiger partial charge in [-0.25, -0.2) is 27.7 Å². The molecular weight excluding hydrogens is 1410 g/mol. The van der Waals surface area contributed by atoms with Gasteiger partial charge in [0.2, 0.25) is 0 Å². The molecule has 0 saturated carbocycles. The number of fused-ring (bicyclic) bond motifs is 3. The van der Waals surface area contributed by atoms with Crippen LogP contribution in [0.15, 0.2) is 128 Å². The van der Waals surface area contributed by atoms with Gasteiger partial charge in [-0.15, -0.1) is 0 Å². The molecule has 3 atom stereocenters. The van der Waals surface area contributed by atoms with E-state index in [9.17, 15) is 82.4 Å². The zero-order chi connectivity index (χ0) is 68.7. The predicted octanol–water partition coefficient (Wildman–Crippen LogP) is 7.66. The van der Waals surface area contributed by atoms with Crippen molar-refractivity contribution in [3.63, 3.8) is 0 Å². The molecule has 0 saturated heterocycles. The van der Waals surface area contributed by atoms with Crippen LogP contribution in [-0.2, 0) is 74.9 Å². The summed E-state index contributed by atoms with van der Waals surface area (Å²) in [6.07, 6.45) is -11.3. The molecule has 0 aliphatic heterocycles. The predicted molar refractivity (Wildman–Crippen MR) is 322 cm³/mol. The monoisotopic (exact) mass is 1470 g/mol. The Morgan fingerprint density at radius 3 is 1.38 bits per heavy atom. The molecule has 0 amide bonds. The van der Waals surface area contributed by atoms with Gasteiger partial charge < -0.3 is 26.9 Å². The molecule has 33 heteroatoms. The Kier molecular flexibility index (Phi) is 34.1. The molecule has 0 unspecified atom stereocenters. The third-order valence-corrected chi connectivity index (χ3v) is 14.3. The van der Waals surface area contributed by atoms with Gasteiger partial charge in [0.1, 0.15) is 34.3 Å². The van der Waals surface area contributed by atoms with E-state index in [-0.39, 0.29) is 184 Å². The van der Waals surface area contributed by atoms with Crippen molar-refractivity contribution in [3.8, 4) is 0 Å². The molecule has 18 nitrogen and oxygen atoms in total. The Morgan fingerprint density at radius 1 is 0.604 bits per heavy atom. The first-order valence-electron chi connectivity index (χ1n) is 26.0. The van der Waals surface area contributed by atoms with Gasteiger partial charge in [-0.3, -0.25) is 33.6 Å². The number of halogens is 13. The van der Waals surface area contributed by atoms with Crippen molar-refractivity contribution in [1.82, 2.24) is 29.8 Å². The fourth-order valence-electron chi connectivity index (χ4n) is 8.30. The maximum Gasteiger partial charge on any atom is 1.00 e.